The quantitative estimate of drug-likeness (QED) is 0.358. The van der Waals surface area contributed by atoms with Crippen molar-refractivity contribution < 1.29 is 4.79 Å². The Bertz CT molecular complexity index is 488. The summed E-state index contributed by atoms with van der Waals surface area (Å²) >= 11 is 4.78. The average Bonchev–Trinajstić information content (AvgIpc) is 2.55. The Balaban J connectivity index is 2.08. The van der Waals surface area contributed by atoms with Crippen molar-refractivity contribution >= 4 is 34.6 Å². The van der Waals surface area contributed by atoms with Crippen LogP contribution in [0.1, 0.15) is 71.1 Å². The summed E-state index contributed by atoms with van der Waals surface area (Å²) in [5.74, 6) is 0.0769. The zero-order chi connectivity index (χ0) is 17.6. The molecule has 0 radical (unpaired) electrons. The maximum absolute atomic E-state index is 11.9. The van der Waals surface area contributed by atoms with E-state index >= 15 is 0 Å². The molecule has 0 aliphatic rings. The first kappa shape index (κ1) is 20.4. The first-order valence-electron chi connectivity index (χ1n) is 9.08. The highest BCUT2D eigenvalue weighted by atomic mass is 32.1. The Morgan fingerprint density at radius 1 is 0.875 bits per heavy atom. The zero-order valence-corrected chi connectivity index (χ0v) is 15.6. The molecule has 1 rings (SSSR count). The number of carbonyl (C=O) groups excluding carboxylic acids is 1. The number of amides is 1. The number of carbonyl (C=O) groups is 1. The highest BCUT2D eigenvalue weighted by Crippen LogP contribution is 2.15. The largest absolute Gasteiger partial charge is 0.376 e. The van der Waals surface area contributed by atoms with Crippen LogP contribution in [0.3, 0.4) is 0 Å². The fraction of sp³-hybridized carbons (Fsp3) is 0.579. The Morgan fingerprint density at radius 2 is 1.33 bits per heavy atom. The number of nitrogens with one attached hydrogen (secondary N) is 2. The summed E-state index contributed by atoms with van der Waals surface area (Å²) in [6.45, 7) is 2.24. The van der Waals surface area contributed by atoms with Gasteiger partial charge in [0.1, 0.15) is 0 Å². The van der Waals surface area contributed by atoms with Gasteiger partial charge in [-0.05, 0) is 42.9 Å². The van der Waals surface area contributed by atoms with Crippen molar-refractivity contribution in [1.82, 2.24) is 0 Å². The van der Waals surface area contributed by atoms with Crippen LogP contribution in [0.4, 0.5) is 11.4 Å². The molecular formula is C19H31N3OS. The number of anilines is 2. The minimum absolute atomic E-state index is 0.0769. The van der Waals surface area contributed by atoms with Crippen LogP contribution in [0.25, 0.3) is 0 Å². The number of thiocarbonyl (C=S) groups is 1. The Kier molecular flexibility index (Phi) is 10.9. The van der Waals surface area contributed by atoms with Crippen LogP contribution in [-0.2, 0) is 4.79 Å². The first-order valence-corrected chi connectivity index (χ1v) is 9.49. The SMILES string of the molecule is CCCCCCCCCCCC(=O)Nc1ccc(NC(N)=S)cc1. The van der Waals surface area contributed by atoms with Crippen LogP contribution >= 0.6 is 12.2 Å². The molecule has 0 aliphatic carbocycles. The van der Waals surface area contributed by atoms with Crippen molar-refractivity contribution in [2.45, 2.75) is 71.1 Å². The van der Waals surface area contributed by atoms with Gasteiger partial charge in [-0.3, -0.25) is 4.79 Å². The van der Waals surface area contributed by atoms with E-state index in [2.05, 4.69) is 17.6 Å². The van der Waals surface area contributed by atoms with Crippen molar-refractivity contribution in [2.75, 3.05) is 10.6 Å². The number of hydrogen-bond acceptors (Lipinski definition) is 2. The lowest BCUT2D eigenvalue weighted by Crippen LogP contribution is -2.18. The topological polar surface area (TPSA) is 67.2 Å². The summed E-state index contributed by atoms with van der Waals surface area (Å²) < 4.78 is 0. The number of unbranched alkanes of at least 4 members (excludes halogenated alkanes) is 8. The van der Waals surface area contributed by atoms with Crippen LogP contribution < -0.4 is 16.4 Å². The highest BCUT2D eigenvalue weighted by molar-refractivity contribution is 7.80. The average molecular weight is 350 g/mol. The summed E-state index contributed by atoms with van der Waals surface area (Å²) in [6, 6.07) is 7.37. The zero-order valence-electron chi connectivity index (χ0n) is 14.8. The summed E-state index contributed by atoms with van der Waals surface area (Å²) in [4.78, 5) is 11.9. The van der Waals surface area contributed by atoms with Gasteiger partial charge < -0.3 is 16.4 Å². The molecule has 0 saturated carbocycles. The first-order chi connectivity index (χ1) is 11.6. The number of nitrogens with two attached hydrogens (primary N) is 1. The lowest BCUT2D eigenvalue weighted by atomic mass is 10.1. The van der Waals surface area contributed by atoms with Gasteiger partial charge in [0.2, 0.25) is 5.91 Å². The van der Waals surface area contributed by atoms with Gasteiger partial charge in [-0.2, -0.15) is 0 Å². The Labute approximate surface area is 151 Å². The standard InChI is InChI=1S/C19H31N3OS/c1-2-3-4-5-6-7-8-9-10-11-18(23)21-16-12-14-17(15-13-16)22-19(20)24/h12-15H,2-11H2,1H3,(H,21,23)(H3,20,22,24). The third-order valence-corrected chi connectivity index (χ3v) is 4.05. The van der Waals surface area contributed by atoms with E-state index in [1.807, 2.05) is 24.3 Å². The fourth-order valence-corrected chi connectivity index (χ4v) is 2.72. The molecule has 4 nitrogen and oxygen atoms in total. The summed E-state index contributed by atoms with van der Waals surface area (Å²) in [5.41, 5.74) is 7.03. The minimum atomic E-state index is 0.0769. The van der Waals surface area contributed by atoms with Crippen LogP contribution in [-0.4, -0.2) is 11.0 Å². The van der Waals surface area contributed by atoms with Crippen molar-refractivity contribution in [3.63, 3.8) is 0 Å². The Hall–Kier alpha value is -1.62. The third-order valence-electron chi connectivity index (χ3n) is 3.94. The van der Waals surface area contributed by atoms with Crippen molar-refractivity contribution in [2.24, 2.45) is 5.73 Å². The van der Waals surface area contributed by atoms with E-state index in [1.54, 1.807) is 0 Å². The Morgan fingerprint density at radius 3 is 1.83 bits per heavy atom. The summed E-state index contributed by atoms with van der Waals surface area (Å²) in [6.07, 6.45) is 11.9. The predicted octanol–water partition coefficient (Wildman–Crippen LogP) is 5.20. The molecule has 5 heteroatoms. The van der Waals surface area contributed by atoms with Crippen LogP contribution in [0.15, 0.2) is 24.3 Å². The smallest absolute Gasteiger partial charge is 0.224 e. The molecule has 0 aliphatic heterocycles. The second kappa shape index (κ2) is 12.8. The van der Waals surface area contributed by atoms with E-state index < -0.39 is 0 Å². The summed E-state index contributed by atoms with van der Waals surface area (Å²) in [5, 5.41) is 6.00. The van der Waals surface area contributed by atoms with E-state index in [9.17, 15) is 4.79 Å². The second-order valence-corrected chi connectivity index (χ2v) is 6.63. The maximum atomic E-state index is 11.9. The van der Waals surface area contributed by atoms with Crippen molar-refractivity contribution in [3.05, 3.63) is 24.3 Å². The van der Waals surface area contributed by atoms with Crippen LogP contribution in [0, 0.1) is 0 Å². The predicted molar refractivity (Wildman–Crippen MR) is 107 cm³/mol. The molecule has 1 amide bonds. The van der Waals surface area contributed by atoms with Gasteiger partial charge in [-0.25, -0.2) is 0 Å². The van der Waals surface area contributed by atoms with Crippen molar-refractivity contribution in [1.29, 1.82) is 0 Å². The molecule has 0 spiro atoms. The molecule has 24 heavy (non-hydrogen) atoms. The molecule has 1 aromatic rings. The van der Waals surface area contributed by atoms with E-state index in [0.29, 0.717) is 6.42 Å². The van der Waals surface area contributed by atoms with E-state index in [0.717, 1.165) is 24.2 Å². The lowest BCUT2D eigenvalue weighted by molar-refractivity contribution is -0.116. The number of rotatable bonds is 12. The lowest BCUT2D eigenvalue weighted by Gasteiger charge is -2.07. The van der Waals surface area contributed by atoms with Gasteiger partial charge in [0.05, 0.1) is 0 Å². The molecule has 0 aromatic heterocycles. The van der Waals surface area contributed by atoms with Gasteiger partial charge in [-0.1, -0.05) is 58.3 Å². The van der Waals surface area contributed by atoms with Gasteiger partial charge in [-0.15, -0.1) is 0 Å². The molecule has 0 fully saturated rings. The third kappa shape index (κ3) is 10.2. The normalized spacial score (nSPS) is 10.4. The molecule has 4 N–H and O–H groups in total. The second-order valence-electron chi connectivity index (χ2n) is 6.19. The molecule has 0 bridgehead atoms. The van der Waals surface area contributed by atoms with Crippen LogP contribution in [0.2, 0.25) is 0 Å². The van der Waals surface area contributed by atoms with Gasteiger partial charge in [0.15, 0.2) is 5.11 Å². The molecule has 0 unspecified atom stereocenters. The van der Waals surface area contributed by atoms with E-state index in [1.165, 1.54) is 44.9 Å². The van der Waals surface area contributed by atoms with E-state index in [4.69, 9.17) is 18.0 Å². The van der Waals surface area contributed by atoms with Gasteiger partial charge >= 0.3 is 0 Å². The minimum Gasteiger partial charge on any atom is -0.376 e. The van der Waals surface area contributed by atoms with Gasteiger partial charge in [0.25, 0.3) is 0 Å². The van der Waals surface area contributed by atoms with Gasteiger partial charge in [0, 0.05) is 17.8 Å². The maximum Gasteiger partial charge on any atom is 0.224 e. The number of benzene rings is 1. The molecule has 0 atom stereocenters. The monoisotopic (exact) mass is 349 g/mol. The molecule has 0 heterocycles. The van der Waals surface area contributed by atoms with Crippen molar-refractivity contribution in [3.8, 4) is 0 Å². The molecule has 0 saturated heterocycles. The highest BCUT2D eigenvalue weighted by Gasteiger charge is 2.02. The fourth-order valence-electron chi connectivity index (χ4n) is 2.60. The molecule has 1 aromatic carbocycles. The molecule has 134 valence electrons. The van der Waals surface area contributed by atoms with E-state index in [-0.39, 0.29) is 11.0 Å². The summed E-state index contributed by atoms with van der Waals surface area (Å²) in [7, 11) is 0. The van der Waals surface area contributed by atoms with Crippen LogP contribution in [0.5, 0.6) is 0 Å². The number of hydrogen-bond donors (Lipinski definition) is 3. The molecular weight excluding hydrogens is 318 g/mol.